The molecule has 2 heterocycles. The third-order valence-corrected chi connectivity index (χ3v) is 3.86. The second-order valence-corrected chi connectivity index (χ2v) is 4.90. The van der Waals surface area contributed by atoms with Crippen molar-refractivity contribution in [2.45, 2.75) is 32.1 Å². The van der Waals surface area contributed by atoms with Crippen LogP contribution in [0.2, 0.25) is 0 Å². The minimum Gasteiger partial charge on any atom is -0.312 e. The number of rotatable bonds is 2. The van der Waals surface area contributed by atoms with Crippen LogP contribution in [0.5, 0.6) is 0 Å². The first-order valence-corrected chi connectivity index (χ1v) is 6.76. The maximum atomic E-state index is 12.5. The van der Waals surface area contributed by atoms with Gasteiger partial charge in [0.25, 0.3) is 0 Å². The lowest BCUT2D eigenvalue weighted by Crippen LogP contribution is -2.32. The van der Waals surface area contributed by atoms with E-state index in [9.17, 15) is 4.79 Å². The summed E-state index contributed by atoms with van der Waals surface area (Å²) < 4.78 is 0. The van der Waals surface area contributed by atoms with Gasteiger partial charge in [0.05, 0.1) is 0 Å². The molecule has 3 heteroatoms. The number of likely N-dealkylation sites (N-methyl/N-ethyl adjacent to an activating group) is 1. The van der Waals surface area contributed by atoms with Crippen molar-refractivity contribution in [3.05, 3.63) is 29.8 Å². The van der Waals surface area contributed by atoms with Crippen molar-refractivity contribution in [2.24, 2.45) is 4.99 Å². The van der Waals surface area contributed by atoms with E-state index in [1.54, 1.807) is 0 Å². The van der Waals surface area contributed by atoms with Crippen molar-refractivity contribution >= 4 is 17.3 Å². The van der Waals surface area contributed by atoms with Gasteiger partial charge in [-0.05, 0) is 37.8 Å². The van der Waals surface area contributed by atoms with Crippen molar-refractivity contribution in [3.63, 3.8) is 0 Å². The van der Waals surface area contributed by atoms with Crippen LogP contribution in [0, 0.1) is 0 Å². The average molecular weight is 242 g/mol. The van der Waals surface area contributed by atoms with Crippen LogP contribution >= 0.6 is 0 Å². The van der Waals surface area contributed by atoms with E-state index >= 15 is 0 Å². The number of fused-ring (bicyclic) bond motifs is 1. The van der Waals surface area contributed by atoms with Gasteiger partial charge in [-0.15, -0.1) is 0 Å². The van der Waals surface area contributed by atoms with E-state index in [0.717, 1.165) is 49.3 Å². The van der Waals surface area contributed by atoms with E-state index in [4.69, 9.17) is 0 Å². The normalized spacial score (nSPS) is 22.9. The van der Waals surface area contributed by atoms with Crippen molar-refractivity contribution in [1.29, 1.82) is 0 Å². The van der Waals surface area contributed by atoms with Gasteiger partial charge in [-0.3, -0.25) is 9.79 Å². The Balaban J connectivity index is 2.05. The molecular weight excluding hydrogens is 224 g/mol. The fourth-order valence-electron chi connectivity index (χ4n) is 2.99. The fraction of sp³-hybridized carbons (Fsp3) is 0.467. The molecule has 0 N–H and O–H groups in total. The molecule has 0 bridgehead atoms. The van der Waals surface area contributed by atoms with Crippen LogP contribution in [0.25, 0.3) is 0 Å². The molecular formula is C15H18N2O. The molecule has 94 valence electrons. The Bertz CT molecular complexity index is 507. The van der Waals surface area contributed by atoms with E-state index in [2.05, 4.69) is 11.1 Å². The molecule has 0 spiro atoms. The standard InChI is InChI=1S/C15H18N2O/c1-2-17-13-9-4-3-7-11(13)14(15(17)18)12-8-5-6-10-16-12/h3-4,7,9,14H,2,5-6,8,10H2,1H3. The number of hydrogen-bond donors (Lipinski definition) is 0. The van der Waals surface area contributed by atoms with Gasteiger partial charge in [0.2, 0.25) is 5.91 Å². The van der Waals surface area contributed by atoms with Crippen molar-refractivity contribution in [1.82, 2.24) is 0 Å². The number of carbonyl (C=O) groups is 1. The number of amides is 1. The first kappa shape index (κ1) is 11.5. The lowest BCUT2D eigenvalue weighted by atomic mass is 9.91. The topological polar surface area (TPSA) is 32.7 Å². The lowest BCUT2D eigenvalue weighted by Gasteiger charge is -2.18. The molecule has 3 rings (SSSR count). The highest BCUT2D eigenvalue weighted by Crippen LogP contribution is 2.39. The first-order chi connectivity index (χ1) is 8.83. The summed E-state index contributed by atoms with van der Waals surface area (Å²) in [6.07, 6.45) is 3.29. The molecule has 2 aliphatic heterocycles. The summed E-state index contributed by atoms with van der Waals surface area (Å²) >= 11 is 0. The second kappa shape index (κ2) is 4.56. The number of anilines is 1. The van der Waals surface area contributed by atoms with Crippen LogP contribution in [0.4, 0.5) is 5.69 Å². The summed E-state index contributed by atoms with van der Waals surface area (Å²) in [5.41, 5.74) is 3.31. The molecule has 1 aromatic carbocycles. The lowest BCUT2D eigenvalue weighted by molar-refractivity contribution is -0.118. The van der Waals surface area contributed by atoms with E-state index in [-0.39, 0.29) is 11.8 Å². The molecule has 1 amide bonds. The Kier molecular flexibility index (Phi) is 2.90. The smallest absolute Gasteiger partial charge is 0.240 e. The summed E-state index contributed by atoms with van der Waals surface area (Å²) in [6, 6.07) is 8.13. The molecule has 0 saturated heterocycles. The molecule has 3 nitrogen and oxygen atoms in total. The Morgan fingerprint density at radius 2 is 2.17 bits per heavy atom. The molecule has 0 fully saturated rings. The highest BCUT2D eigenvalue weighted by molar-refractivity contribution is 6.19. The monoisotopic (exact) mass is 242 g/mol. The van der Waals surface area contributed by atoms with Crippen LogP contribution in [-0.4, -0.2) is 24.7 Å². The van der Waals surface area contributed by atoms with Crippen LogP contribution in [0.3, 0.4) is 0 Å². The zero-order valence-corrected chi connectivity index (χ0v) is 10.7. The zero-order valence-electron chi connectivity index (χ0n) is 10.7. The van der Waals surface area contributed by atoms with Crippen LogP contribution < -0.4 is 4.90 Å². The summed E-state index contributed by atoms with van der Waals surface area (Å²) in [5, 5.41) is 0. The third kappa shape index (κ3) is 1.65. The van der Waals surface area contributed by atoms with Crippen molar-refractivity contribution in [2.75, 3.05) is 18.0 Å². The van der Waals surface area contributed by atoms with Gasteiger partial charge in [-0.2, -0.15) is 0 Å². The predicted octanol–water partition coefficient (Wildman–Crippen LogP) is 2.76. The minimum absolute atomic E-state index is 0.110. The molecule has 0 aliphatic carbocycles. The zero-order chi connectivity index (χ0) is 12.5. The second-order valence-electron chi connectivity index (χ2n) is 4.90. The number of benzene rings is 1. The van der Waals surface area contributed by atoms with E-state index in [1.165, 1.54) is 0 Å². The van der Waals surface area contributed by atoms with E-state index < -0.39 is 0 Å². The molecule has 0 saturated carbocycles. The third-order valence-electron chi connectivity index (χ3n) is 3.86. The number of para-hydroxylation sites is 1. The van der Waals surface area contributed by atoms with Gasteiger partial charge in [-0.25, -0.2) is 0 Å². The van der Waals surface area contributed by atoms with Gasteiger partial charge in [0.15, 0.2) is 0 Å². The quantitative estimate of drug-likeness (QED) is 0.785. The molecule has 1 aromatic rings. The Morgan fingerprint density at radius 3 is 2.89 bits per heavy atom. The minimum atomic E-state index is -0.110. The fourth-order valence-corrected chi connectivity index (χ4v) is 2.99. The average Bonchev–Trinajstić information content (AvgIpc) is 2.71. The molecule has 1 atom stereocenters. The Labute approximate surface area is 108 Å². The van der Waals surface area contributed by atoms with E-state index in [0.29, 0.717) is 0 Å². The van der Waals surface area contributed by atoms with Crippen molar-refractivity contribution < 1.29 is 4.79 Å². The number of nitrogens with zero attached hydrogens (tertiary/aromatic N) is 2. The molecule has 0 aromatic heterocycles. The SMILES string of the molecule is CCN1C(=O)C(C2=NCCCC2)c2ccccc21. The van der Waals surface area contributed by atoms with Gasteiger partial charge < -0.3 is 4.90 Å². The molecule has 18 heavy (non-hydrogen) atoms. The molecule has 1 unspecified atom stereocenters. The summed E-state index contributed by atoms with van der Waals surface area (Å²) in [4.78, 5) is 19.0. The first-order valence-electron chi connectivity index (χ1n) is 6.76. The maximum absolute atomic E-state index is 12.5. The van der Waals surface area contributed by atoms with Gasteiger partial charge in [-0.1, -0.05) is 18.2 Å². The number of carbonyl (C=O) groups excluding carboxylic acids is 1. The van der Waals surface area contributed by atoms with Crippen LogP contribution in [-0.2, 0) is 4.79 Å². The number of aliphatic imine (C=N–C) groups is 1. The summed E-state index contributed by atoms with van der Waals surface area (Å²) in [7, 11) is 0. The maximum Gasteiger partial charge on any atom is 0.240 e. The van der Waals surface area contributed by atoms with Gasteiger partial charge in [0.1, 0.15) is 5.92 Å². The molecule has 0 radical (unpaired) electrons. The highest BCUT2D eigenvalue weighted by atomic mass is 16.2. The van der Waals surface area contributed by atoms with Gasteiger partial charge >= 0.3 is 0 Å². The highest BCUT2D eigenvalue weighted by Gasteiger charge is 2.39. The predicted molar refractivity (Wildman–Crippen MR) is 73.4 cm³/mol. The van der Waals surface area contributed by atoms with Crippen LogP contribution in [0.15, 0.2) is 29.3 Å². The largest absolute Gasteiger partial charge is 0.312 e. The van der Waals surface area contributed by atoms with E-state index in [1.807, 2.05) is 30.0 Å². The summed E-state index contributed by atoms with van der Waals surface area (Å²) in [5.74, 6) is 0.0980. The van der Waals surface area contributed by atoms with Crippen LogP contribution in [0.1, 0.15) is 37.7 Å². The number of hydrogen-bond acceptors (Lipinski definition) is 2. The Hall–Kier alpha value is -1.64. The summed E-state index contributed by atoms with van der Waals surface area (Å²) in [6.45, 7) is 3.65. The van der Waals surface area contributed by atoms with Gasteiger partial charge in [0, 0.05) is 24.5 Å². The Morgan fingerprint density at radius 1 is 1.33 bits per heavy atom. The van der Waals surface area contributed by atoms with Crippen molar-refractivity contribution in [3.8, 4) is 0 Å². The molecule has 2 aliphatic rings.